The summed E-state index contributed by atoms with van der Waals surface area (Å²) in [6.45, 7) is 0.767. The SMILES string of the molecule is CN(Cc1ccccc1Br)c1ncccc1N. The van der Waals surface area contributed by atoms with Gasteiger partial charge in [-0.15, -0.1) is 0 Å². The van der Waals surface area contributed by atoms with Gasteiger partial charge in [-0.1, -0.05) is 34.1 Å². The van der Waals surface area contributed by atoms with Crippen LogP contribution in [0.25, 0.3) is 0 Å². The summed E-state index contributed by atoms with van der Waals surface area (Å²) in [6, 6.07) is 11.8. The molecule has 1 aromatic carbocycles. The minimum absolute atomic E-state index is 0.696. The number of nitrogens with zero attached hydrogens (tertiary/aromatic N) is 2. The lowest BCUT2D eigenvalue weighted by Gasteiger charge is -2.20. The Morgan fingerprint density at radius 1 is 1.24 bits per heavy atom. The molecule has 0 fully saturated rings. The number of hydrogen-bond donors (Lipinski definition) is 1. The minimum atomic E-state index is 0.696. The van der Waals surface area contributed by atoms with E-state index in [1.54, 1.807) is 6.20 Å². The minimum Gasteiger partial charge on any atom is -0.396 e. The van der Waals surface area contributed by atoms with Crippen LogP contribution in [0.15, 0.2) is 47.1 Å². The average molecular weight is 292 g/mol. The zero-order valence-corrected chi connectivity index (χ0v) is 11.2. The summed E-state index contributed by atoms with van der Waals surface area (Å²) in [7, 11) is 1.98. The smallest absolute Gasteiger partial charge is 0.151 e. The first kappa shape index (κ1) is 11.9. The van der Waals surface area contributed by atoms with Crippen LogP contribution in [0.1, 0.15) is 5.56 Å². The number of benzene rings is 1. The van der Waals surface area contributed by atoms with Crippen molar-refractivity contribution in [1.82, 2.24) is 4.98 Å². The predicted octanol–water partition coefficient (Wildman–Crippen LogP) is 3.06. The van der Waals surface area contributed by atoms with Crippen molar-refractivity contribution in [3.63, 3.8) is 0 Å². The molecule has 0 atom stereocenters. The van der Waals surface area contributed by atoms with E-state index >= 15 is 0 Å². The van der Waals surface area contributed by atoms with E-state index in [1.807, 2.05) is 42.3 Å². The van der Waals surface area contributed by atoms with E-state index in [-0.39, 0.29) is 0 Å². The summed E-state index contributed by atoms with van der Waals surface area (Å²) >= 11 is 3.54. The van der Waals surface area contributed by atoms with Crippen LogP contribution in [-0.4, -0.2) is 12.0 Å². The second-order valence-electron chi connectivity index (χ2n) is 3.86. The zero-order valence-electron chi connectivity index (χ0n) is 9.60. The number of nitrogens with two attached hydrogens (primary N) is 1. The molecular formula is C13H14BrN3. The molecule has 88 valence electrons. The van der Waals surface area contributed by atoms with E-state index in [0.29, 0.717) is 5.69 Å². The van der Waals surface area contributed by atoms with Gasteiger partial charge in [-0.05, 0) is 23.8 Å². The van der Waals surface area contributed by atoms with Crippen LogP contribution in [0.2, 0.25) is 0 Å². The fourth-order valence-electron chi connectivity index (χ4n) is 1.69. The zero-order chi connectivity index (χ0) is 12.3. The van der Waals surface area contributed by atoms with Gasteiger partial charge in [-0.2, -0.15) is 0 Å². The standard InChI is InChI=1S/C13H14BrN3/c1-17(13-12(15)7-4-8-16-13)9-10-5-2-3-6-11(10)14/h2-8H,9,15H2,1H3. The number of hydrogen-bond acceptors (Lipinski definition) is 3. The maximum Gasteiger partial charge on any atom is 0.151 e. The molecule has 0 aliphatic heterocycles. The molecular weight excluding hydrogens is 278 g/mol. The van der Waals surface area contributed by atoms with Gasteiger partial charge >= 0.3 is 0 Å². The Morgan fingerprint density at radius 2 is 2.00 bits per heavy atom. The van der Waals surface area contributed by atoms with Crippen molar-refractivity contribution in [2.75, 3.05) is 17.7 Å². The van der Waals surface area contributed by atoms with Gasteiger partial charge in [-0.25, -0.2) is 4.98 Å². The highest BCUT2D eigenvalue weighted by atomic mass is 79.9. The van der Waals surface area contributed by atoms with Gasteiger partial charge in [0.2, 0.25) is 0 Å². The number of pyridine rings is 1. The van der Waals surface area contributed by atoms with Gasteiger partial charge in [-0.3, -0.25) is 0 Å². The van der Waals surface area contributed by atoms with E-state index in [0.717, 1.165) is 16.8 Å². The summed E-state index contributed by atoms with van der Waals surface area (Å²) in [4.78, 5) is 6.33. The molecule has 0 spiro atoms. The van der Waals surface area contributed by atoms with Gasteiger partial charge < -0.3 is 10.6 Å². The lowest BCUT2D eigenvalue weighted by molar-refractivity contribution is 0.896. The predicted molar refractivity (Wildman–Crippen MR) is 74.9 cm³/mol. The van der Waals surface area contributed by atoms with E-state index in [9.17, 15) is 0 Å². The fraction of sp³-hybridized carbons (Fsp3) is 0.154. The molecule has 2 rings (SSSR count). The second kappa shape index (κ2) is 5.19. The molecule has 1 heterocycles. The normalized spacial score (nSPS) is 10.2. The summed E-state index contributed by atoms with van der Waals surface area (Å²) in [5.74, 6) is 0.809. The van der Waals surface area contributed by atoms with Crippen LogP contribution in [0.5, 0.6) is 0 Å². The summed E-state index contributed by atoms with van der Waals surface area (Å²) in [6.07, 6.45) is 1.75. The van der Waals surface area contributed by atoms with Gasteiger partial charge in [0, 0.05) is 24.3 Å². The van der Waals surface area contributed by atoms with E-state index in [4.69, 9.17) is 5.73 Å². The van der Waals surface area contributed by atoms with Crippen LogP contribution in [-0.2, 0) is 6.54 Å². The Balaban J connectivity index is 2.20. The monoisotopic (exact) mass is 291 g/mol. The van der Waals surface area contributed by atoms with E-state index in [1.165, 1.54) is 5.56 Å². The van der Waals surface area contributed by atoms with Crippen molar-refractivity contribution in [3.05, 3.63) is 52.6 Å². The highest BCUT2D eigenvalue weighted by Gasteiger charge is 2.08. The molecule has 2 aromatic rings. The van der Waals surface area contributed by atoms with Gasteiger partial charge in [0.15, 0.2) is 5.82 Å². The highest BCUT2D eigenvalue weighted by molar-refractivity contribution is 9.10. The molecule has 17 heavy (non-hydrogen) atoms. The number of aromatic nitrogens is 1. The van der Waals surface area contributed by atoms with Gasteiger partial charge in [0.1, 0.15) is 0 Å². The molecule has 0 aliphatic carbocycles. The molecule has 4 heteroatoms. The third kappa shape index (κ3) is 2.77. The third-order valence-corrected chi connectivity index (χ3v) is 3.32. The van der Waals surface area contributed by atoms with Crippen LogP contribution in [0.4, 0.5) is 11.5 Å². The van der Waals surface area contributed by atoms with Crippen molar-refractivity contribution < 1.29 is 0 Å². The van der Waals surface area contributed by atoms with Crippen molar-refractivity contribution in [2.24, 2.45) is 0 Å². The Bertz CT molecular complexity index is 514. The first-order valence-corrected chi connectivity index (χ1v) is 6.13. The molecule has 1 aromatic heterocycles. The van der Waals surface area contributed by atoms with Crippen molar-refractivity contribution in [3.8, 4) is 0 Å². The summed E-state index contributed by atoms with van der Waals surface area (Å²) in [5, 5.41) is 0. The number of halogens is 1. The number of rotatable bonds is 3. The van der Waals surface area contributed by atoms with Crippen LogP contribution in [0, 0.1) is 0 Å². The Morgan fingerprint density at radius 3 is 2.71 bits per heavy atom. The topological polar surface area (TPSA) is 42.2 Å². The molecule has 0 bridgehead atoms. The van der Waals surface area contributed by atoms with Crippen LogP contribution in [0.3, 0.4) is 0 Å². The lowest BCUT2D eigenvalue weighted by Crippen LogP contribution is -2.19. The van der Waals surface area contributed by atoms with Crippen molar-refractivity contribution in [1.29, 1.82) is 0 Å². The fourth-order valence-corrected chi connectivity index (χ4v) is 2.10. The second-order valence-corrected chi connectivity index (χ2v) is 4.72. The van der Waals surface area contributed by atoms with E-state index < -0.39 is 0 Å². The molecule has 2 N–H and O–H groups in total. The maximum atomic E-state index is 5.90. The molecule has 0 radical (unpaired) electrons. The van der Waals surface area contributed by atoms with Crippen molar-refractivity contribution in [2.45, 2.75) is 6.54 Å². The highest BCUT2D eigenvalue weighted by Crippen LogP contribution is 2.22. The lowest BCUT2D eigenvalue weighted by atomic mass is 10.2. The summed E-state index contributed by atoms with van der Waals surface area (Å²) in [5.41, 5.74) is 7.80. The molecule has 0 saturated heterocycles. The Labute approximate surface area is 109 Å². The molecule has 0 aliphatic rings. The first-order chi connectivity index (χ1) is 8.18. The maximum absolute atomic E-state index is 5.90. The number of anilines is 2. The Hall–Kier alpha value is -1.55. The Kier molecular flexibility index (Phi) is 3.64. The molecule has 0 unspecified atom stereocenters. The van der Waals surface area contributed by atoms with Gasteiger partial charge in [0.25, 0.3) is 0 Å². The molecule has 0 saturated carbocycles. The third-order valence-electron chi connectivity index (χ3n) is 2.54. The van der Waals surface area contributed by atoms with Crippen LogP contribution < -0.4 is 10.6 Å². The largest absolute Gasteiger partial charge is 0.396 e. The average Bonchev–Trinajstić information content (AvgIpc) is 2.32. The summed E-state index contributed by atoms with van der Waals surface area (Å²) < 4.78 is 1.10. The van der Waals surface area contributed by atoms with Crippen LogP contribution >= 0.6 is 15.9 Å². The van der Waals surface area contributed by atoms with Gasteiger partial charge in [0.05, 0.1) is 5.69 Å². The number of nitrogen functional groups attached to an aromatic ring is 1. The molecule has 3 nitrogen and oxygen atoms in total. The molecule has 0 amide bonds. The first-order valence-electron chi connectivity index (χ1n) is 5.33. The van der Waals surface area contributed by atoms with Crippen molar-refractivity contribution >= 4 is 27.4 Å². The quantitative estimate of drug-likeness (QED) is 0.945. The van der Waals surface area contributed by atoms with E-state index in [2.05, 4.69) is 27.0 Å².